The van der Waals surface area contributed by atoms with E-state index in [0.29, 0.717) is 16.2 Å². The van der Waals surface area contributed by atoms with Crippen LogP contribution in [0.15, 0.2) is 54.9 Å². The Morgan fingerprint density at radius 1 is 0.941 bits per heavy atom. The molecule has 2 aromatic heterocycles. The number of hydrogen-bond acceptors (Lipinski definition) is 3. The molecule has 0 bridgehead atoms. The molecule has 2 N–H and O–H groups in total. The number of para-hydroxylation sites is 1. The fraction of sp³-hybridized carbons (Fsp3) is 0.259. The summed E-state index contributed by atoms with van der Waals surface area (Å²) >= 11 is 6.34. The average molecular weight is 475 g/mol. The van der Waals surface area contributed by atoms with Gasteiger partial charge >= 0.3 is 0 Å². The van der Waals surface area contributed by atoms with E-state index in [9.17, 15) is 9.59 Å². The van der Waals surface area contributed by atoms with Crippen molar-refractivity contribution < 1.29 is 9.59 Å². The second-order valence-corrected chi connectivity index (χ2v) is 9.00. The second kappa shape index (κ2) is 9.12. The lowest BCUT2D eigenvalue weighted by molar-refractivity contribution is -0.122. The highest BCUT2D eigenvalue weighted by atomic mass is 35.5. The van der Waals surface area contributed by atoms with Crippen molar-refractivity contribution in [2.75, 3.05) is 19.6 Å². The Hall–Kier alpha value is -3.35. The van der Waals surface area contributed by atoms with Gasteiger partial charge in [0.05, 0.1) is 16.7 Å². The molecule has 6 nitrogen and oxygen atoms in total. The van der Waals surface area contributed by atoms with Crippen molar-refractivity contribution in [3.8, 4) is 0 Å². The van der Waals surface area contributed by atoms with Crippen molar-refractivity contribution >= 4 is 56.4 Å². The molecule has 174 valence electrons. The fourth-order valence-corrected chi connectivity index (χ4v) is 5.07. The van der Waals surface area contributed by atoms with Crippen LogP contribution in [0.25, 0.3) is 33.0 Å². The van der Waals surface area contributed by atoms with E-state index in [1.165, 1.54) is 0 Å². The molecule has 7 heteroatoms. The van der Waals surface area contributed by atoms with Crippen LogP contribution in [0.5, 0.6) is 0 Å². The normalized spacial score (nSPS) is 14.2. The molecule has 0 saturated carbocycles. The number of aryl methyl sites for hydroxylation is 1. The third-order valence-corrected chi connectivity index (χ3v) is 6.91. The summed E-state index contributed by atoms with van der Waals surface area (Å²) < 4.78 is 2.15. The van der Waals surface area contributed by atoms with Gasteiger partial charge in [0, 0.05) is 51.4 Å². The van der Waals surface area contributed by atoms with Gasteiger partial charge in [-0.25, -0.2) is 0 Å². The SMILES string of the molecule is CCN(CC)CCCn1cc(C2=C(c3c[nH]c4ccccc34)C(=O)NC2=O)c2ccc(Cl)cc21. The summed E-state index contributed by atoms with van der Waals surface area (Å²) in [5.41, 5.74) is 4.16. The van der Waals surface area contributed by atoms with Crippen LogP contribution in [-0.4, -0.2) is 45.9 Å². The summed E-state index contributed by atoms with van der Waals surface area (Å²) in [4.78, 5) is 31.7. The van der Waals surface area contributed by atoms with E-state index in [4.69, 9.17) is 11.6 Å². The first-order chi connectivity index (χ1) is 16.5. The average Bonchev–Trinajstić information content (AvgIpc) is 3.49. The molecule has 0 spiro atoms. The molecule has 4 aromatic rings. The molecular weight excluding hydrogens is 448 g/mol. The monoisotopic (exact) mass is 474 g/mol. The Morgan fingerprint density at radius 3 is 2.44 bits per heavy atom. The summed E-state index contributed by atoms with van der Waals surface area (Å²) in [5.74, 6) is -0.747. The standard InChI is InChI=1S/C27H27ClN4O2/c1-3-31(4-2)12-7-13-32-16-21(19-11-10-17(28)14-23(19)32)25-24(26(33)30-27(25)34)20-15-29-22-9-6-5-8-18(20)22/h5-6,8-11,14-16,29H,3-4,7,12-13H2,1-2H3,(H,30,33,34). The van der Waals surface area contributed by atoms with E-state index in [1.54, 1.807) is 6.20 Å². The zero-order valence-electron chi connectivity index (χ0n) is 19.3. The summed E-state index contributed by atoms with van der Waals surface area (Å²) in [7, 11) is 0. The van der Waals surface area contributed by atoms with Crippen LogP contribution < -0.4 is 5.32 Å². The van der Waals surface area contributed by atoms with Crippen molar-refractivity contribution in [1.82, 2.24) is 19.8 Å². The first-order valence-corrected chi connectivity index (χ1v) is 12.1. The van der Waals surface area contributed by atoms with Gasteiger partial charge in [0.2, 0.25) is 0 Å². The Morgan fingerprint density at radius 2 is 1.68 bits per heavy atom. The van der Waals surface area contributed by atoms with Gasteiger partial charge in [-0.15, -0.1) is 0 Å². The van der Waals surface area contributed by atoms with Crippen LogP contribution >= 0.6 is 11.6 Å². The van der Waals surface area contributed by atoms with Gasteiger partial charge in [0.1, 0.15) is 0 Å². The number of halogens is 1. The highest BCUT2D eigenvalue weighted by Gasteiger charge is 2.35. The number of nitrogens with zero attached hydrogens (tertiary/aromatic N) is 2. The maximum absolute atomic E-state index is 13.1. The van der Waals surface area contributed by atoms with Gasteiger partial charge in [0.15, 0.2) is 0 Å². The Bertz CT molecular complexity index is 1440. The zero-order chi connectivity index (χ0) is 23.8. The minimum atomic E-state index is -0.374. The van der Waals surface area contributed by atoms with Gasteiger partial charge in [-0.3, -0.25) is 14.9 Å². The van der Waals surface area contributed by atoms with Crippen LogP contribution in [0.3, 0.4) is 0 Å². The second-order valence-electron chi connectivity index (χ2n) is 8.56. The minimum absolute atomic E-state index is 0.373. The number of amides is 2. The smallest absolute Gasteiger partial charge is 0.259 e. The lowest BCUT2D eigenvalue weighted by atomic mass is 9.95. The molecule has 0 fully saturated rings. The van der Waals surface area contributed by atoms with E-state index < -0.39 is 0 Å². The van der Waals surface area contributed by atoms with Crippen LogP contribution in [0.1, 0.15) is 31.4 Å². The quantitative estimate of drug-likeness (QED) is 0.350. The topological polar surface area (TPSA) is 70.1 Å². The first-order valence-electron chi connectivity index (χ1n) is 11.7. The largest absolute Gasteiger partial charge is 0.361 e. The number of aromatic amines is 1. The summed E-state index contributed by atoms with van der Waals surface area (Å²) in [6.45, 7) is 8.15. The minimum Gasteiger partial charge on any atom is -0.361 e. The summed E-state index contributed by atoms with van der Waals surface area (Å²) in [6.07, 6.45) is 4.76. The third kappa shape index (κ3) is 3.83. The van der Waals surface area contributed by atoms with Crippen LogP contribution in [0.2, 0.25) is 5.02 Å². The van der Waals surface area contributed by atoms with Crippen LogP contribution in [-0.2, 0) is 16.1 Å². The fourth-order valence-electron chi connectivity index (χ4n) is 4.90. The zero-order valence-corrected chi connectivity index (χ0v) is 20.1. The molecule has 0 unspecified atom stereocenters. The number of H-pyrrole nitrogens is 1. The molecule has 5 rings (SSSR count). The lowest BCUT2D eigenvalue weighted by Crippen LogP contribution is -2.24. The molecule has 1 aliphatic heterocycles. The number of carbonyl (C=O) groups is 2. The van der Waals surface area contributed by atoms with Gasteiger partial charge in [-0.2, -0.15) is 0 Å². The number of rotatable bonds is 8. The number of aromatic nitrogens is 2. The van der Waals surface area contributed by atoms with Crippen LogP contribution in [0, 0.1) is 0 Å². The van der Waals surface area contributed by atoms with Gasteiger partial charge in [0.25, 0.3) is 11.8 Å². The molecule has 34 heavy (non-hydrogen) atoms. The maximum Gasteiger partial charge on any atom is 0.259 e. The highest BCUT2D eigenvalue weighted by molar-refractivity contribution is 6.50. The van der Waals surface area contributed by atoms with E-state index in [2.05, 4.69) is 33.6 Å². The molecule has 3 heterocycles. The van der Waals surface area contributed by atoms with Crippen molar-refractivity contribution in [2.24, 2.45) is 0 Å². The number of imide groups is 1. The highest BCUT2D eigenvalue weighted by Crippen LogP contribution is 2.38. The first kappa shape index (κ1) is 22.4. The number of fused-ring (bicyclic) bond motifs is 2. The molecular formula is C27H27ClN4O2. The summed E-state index contributed by atoms with van der Waals surface area (Å²) in [6, 6.07) is 13.5. The number of carbonyl (C=O) groups excluding carboxylic acids is 2. The molecule has 1 aliphatic rings. The molecule has 0 saturated heterocycles. The van der Waals surface area contributed by atoms with Crippen molar-refractivity contribution in [2.45, 2.75) is 26.8 Å². The van der Waals surface area contributed by atoms with Crippen LogP contribution in [0.4, 0.5) is 0 Å². The van der Waals surface area contributed by atoms with Crippen molar-refractivity contribution in [3.63, 3.8) is 0 Å². The third-order valence-electron chi connectivity index (χ3n) is 6.67. The van der Waals surface area contributed by atoms with E-state index in [1.807, 2.05) is 48.7 Å². The van der Waals surface area contributed by atoms with E-state index in [-0.39, 0.29) is 11.8 Å². The van der Waals surface area contributed by atoms with Gasteiger partial charge in [-0.05, 0) is 44.3 Å². The molecule has 0 radical (unpaired) electrons. The molecule has 2 amide bonds. The Labute approximate surface area is 203 Å². The van der Waals surface area contributed by atoms with E-state index >= 15 is 0 Å². The molecule has 0 atom stereocenters. The lowest BCUT2D eigenvalue weighted by Gasteiger charge is -2.18. The molecule has 0 aliphatic carbocycles. The maximum atomic E-state index is 13.1. The summed E-state index contributed by atoms with van der Waals surface area (Å²) in [5, 5.41) is 4.97. The van der Waals surface area contributed by atoms with Crippen molar-refractivity contribution in [3.05, 3.63) is 71.0 Å². The Kier molecular flexibility index (Phi) is 6.02. The number of hydrogen-bond donors (Lipinski definition) is 2. The van der Waals surface area contributed by atoms with Gasteiger partial charge < -0.3 is 14.5 Å². The molecule has 2 aromatic carbocycles. The predicted molar refractivity (Wildman–Crippen MR) is 138 cm³/mol. The number of benzene rings is 2. The van der Waals surface area contributed by atoms with Crippen molar-refractivity contribution in [1.29, 1.82) is 0 Å². The Balaban J connectivity index is 1.65. The van der Waals surface area contributed by atoms with Gasteiger partial charge in [-0.1, -0.05) is 49.7 Å². The van der Waals surface area contributed by atoms with E-state index in [0.717, 1.165) is 65.5 Å². The number of nitrogens with one attached hydrogen (secondary N) is 2. The predicted octanol–water partition coefficient (Wildman–Crippen LogP) is 5.08.